The van der Waals surface area contributed by atoms with Gasteiger partial charge in [0.25, 0.3) is 0 Å². The SMILES string of the molecule is c1ccc2c(c1)[nH]c1cnc3c(nc4ccccn43)c12. The molecule has 0 fully saturated rings. The first-order chi connectivity index (χ1) is 9.92. The van der Waals surface area contributed by atoms with Crippen LogP contribution in [0.2, 0.25) is 0 Å². The Labute approximate surface area is 113 Å². The molecule has 1 N–H and O–H groups in total. The minimum Gasteiger partial charge on any atom is -0.353 e. The van der Waals surface area contributed by atoms with Crippen molar-refractivity contribution in [2.45, 2.75) is 0 Å². The van der Waals surface area contributed by atoms with E-state index in [2.05, 4.69) is 28.2 Å². The van der Waals surface area contributed by atoms with Gasteiger partial charge in [0.05, 0.1) is 11.7 Å². The van der Waals surface area contributed by atoms with Crippen LogP contribution in [0.1, 0.15) is 0 Å². The van der Waals surface area contributed by atoms with Crippen LogP contribution in [0, 0.1) is 0 Å². The Kier molecular flexibility index (Phi) is 1.68. The summed E-state index contributed by atoms with van der Waals surface area (Å²) in [4.78, 5) is 12.7. The van der Waals surface area contributed by atoms with Crippen molar-refractivity contribution in [2.24, 2.45) is 0 Å². The molecule has 4 aromatic heterocycles. The van der Waals surface area contributed by atoms with Gasteiger partial charge in [-0.25, -0.2) is 9.97 Å². The molecule has 0 saturated carbocycles. The summed E-state index contributed by atoms with van der Waals surface area (Å²) < 4.78 is 2.02. The van der Waals surface area contributed by atoms with Crippen LogP contribution in [0.5, 0.6) is 0 Å². The summed E-state index contributed by atoms with van der Waals surface area (Å²) in [5, 5.41) is 2.34. The van der Waals surface area contributed by atoms with Crippen molar-refractivity contribution in [3.8, 4) is 0 Å². The van der Waals surface area contributed by atoms with E-state index in [-0.39, 0.29) is 0 Å². The van der Waals surface area contributed by atoms with Crippen molar-refractivity contribution < 1.29 is 0 Å². The number of pyridine rings is 2. The number of nitrogens with zero attached hydrogens (tertiary/aromatic N) is 3. The third-order valence-electron chi connectivity index (χ3n) is 3.79. The zero-order valence-electron chi connectivity index (χ0n) is 10.5. The number of imidazole rings is 1. The fraction of sp³-hybridized carbons (Fsp3) is 0. The van der Waals surface area contributed by atoms with Crippen LogP contribution in [0.15, 0.2) is 54.9 Å². The summed E-state index contributed by atoms with van der Waals surface area (Å²) in [5.74, 6) is 0. The first-order valence-electron chi connectivity index (χ1n) is 6.54. The monoisotopic (exact) mass is 258 g/mol. The van der Waals surface area contributed by atoms with Crippen LogP contribution in [0.25, 0.3) is 38.6 Å². The average molecular weight is 258 g/mol. The summed E-state index contributed by atoms with van der Waals surface area (Å²) >= 11 is 0. The minimum absolute atomic E-state index is 0.901. The molecule has 94 valence electrons. The number of H-pyrrole nitrogens is 1. The van der Waals surface area contributed by atoms with Crippen LogP contribution >= 0.6 is 0 Å². The third-order valence-corrected chi connectivity index (χ3v) is 3.79. The first-order valence-corrected chi connectivity index (χ1v) is 6.54. The van der Waals surface area contributed by atoms with Crippen molar-refractivity contribution in [1.29, 1.82) is 0 Å². The van der Waals surface area contributed by atoms with E-state index in [1.165, 1.54) is 5.39 Å². The van der Waals surface area contributed by atoms with Gasteiger partial charge in [0.15, 0.2) is 5.65 Å². The van der Waals surface area contributed by atoms with Gasteiger partial charge in [-0.3, -0.25) is 4.40 Å². The van der Waals surface area contributed by atoms with E-state index >= 15 is 0 Å². The molecule has 4 nitrogen and oxygen atoms in total. The predicted molar refractivity (Wildman–Crippen MR) is 79.9 cm³/mol. The molecule has 0 amide bonds. The molecular weight excluding hydrogens is 248 g/mol. The lowest BCUT2D eigenvalue weighted by Gasteiger charge is -1.94. The van der Waals surface area contributed by atoms with Crippen LogP contribution in [-0.4, -0.2) is 19.4 Å². The fourth-order valence-electron chi connectivity index (χ4n) is 2.91. The average Bonchev–Trinajstić information content (AvgIpc) is 3.04. The van der Waals surface area contributed by atoms with Crippen LogP contribution in [0.4, 0.5) is 0 Å². The second-order valence-electron chi connectivity index (χ2n) is 4.93. The summed E-state index contributed by atoms with van der Waals surface area (Å²) in [6.07, 6.45) is 3.89. The Bertz CT molecular complexity index is 1100. The highest BCUT2D eigenvalue weighted by molar-refractivity contribution is 6.17. The second-order valence-corrected chi connectivity index (χ2v) is 4.93. The maximum Gasteiger partial charge on any atom is 0.165 e. The number of benzene rings is 1. The molecule has 0 radical (unpaired) electrons. The van der Waals surface area contributed by atoms with Crippen molar-refractivity contribution in [1.82, 2.24) is 19.4 Å². The number of rotatable bonds is 0. The molecule has 0 bridgehead atoms. The molecule has 0 aliphatic heterocycles. The molecule has 4 heterocycles. The second kappa shape index (κ2) is 3.36. The molecule has 0 atom stereocenters. The highest BCUT2D eigenvalue weighted by Gasteiger charge is 2.13. The third kappa shape index (κ3) is 1.11. The predicted octanol–water partition coefficient (Wildman–Crippen LogP) is 3.52. The maximum atomic E-state index is 4.75. The molecule has 4 heteroatoms. The Morgan fingerprint density at radius 2 is 1.85 bits per heavy atom. The van der Waals surface area contributed by atoms with Gasteiger partial charge in [0.2, 0.25) is 0 Å². The first kappa shape index (κ1) is 9.97. The lowest BCUT2D eigenvalue weighted by Crippen LogP contribution is -1.84. The van der Waals surface area contributed by atoms with E-state index in [0.29, 0.717) is 0 Å². The van der Waals surface area contributed by atoms with Crippen molar-refractivity contribution in [3.05, 3.63) is 54.9 Å². The standard InChI is InChI=1S/C16H10N4/c1-2-6-11-10(5-1)14-12(18-11)9-17-16-15(14)19-13-7-3-4-8-20(13)16/h1-9,18H. The summed E-state index contributed by atoms with van der Waals surface area (Å²) in [5.41, 5.74) is 4.92. The molecular formula is C16H10N4. The van der Waals surface area contributed by atoms with Gasteiger partial charge in [-0.15, -0.1) is 0 Å². The molecule has 0 aliphatic carbocycles. The zero-order chi connectivity index (χ0) is 13.1. The molecule has 5 aromatic rings. The summed E-state index contributed by atoms with van der Waals surface area (Å²) in [7, 11) is 0. The number of aromatic amines is 1. The topological polar surface area (TPSA) is 46.0 Å². The Balaban J connectivity index is 2.14. The van der Waals surface area contributed by atoms with E-state index in [9.17, 15) is 0 Å². The number of hydrogen-bond acceptors (Lipinski definition) is 2. The highest BCUT2D eigenvalue weighted by Crippen LogP contribution is 2.30. The Morgan fingerprint density at radius 3 is 2.85 bits per heavy atom. The lowest BCUT2D eigenvalue weighted by molar-refractivity contribution is 1.19. The van der Waals surface area contributed by atoms with Gasteiger partial charge in [-0.2, -0.15) is 0 Å². The fourth-order valence-corrected chi connectivity index (χ4v) is 2.91. The van der Waals surface area contributed by atoms with Crippen LogP contribution in [0.3, 0.4) is 0 Å². The zero-order valence-corrected chi connectivity index (χ0v) is 10.5. The van der Waals surface area contributed by atoms with Gasteiger partial charge in [0, 0.05) is 22.5 Å². The molecule has 0 unspecified atom stereocenters. The Hall–Kier alpha value is -2.88. The highest BCUT2D eigenvalue weighted by atomic mass is 15.1. The van der Waals surface area contributed by atoms with E-state index < -0.39 is 0 Å². The van der Waals surface area contributed by atoms with E-state index in [0.717, 1.165) is 33.2 Å². The van der Waals surface area contributed by atoms with Gasteiger partial charge in [-0.05, 0) is 18.2 Å². The van der Waals surface area contributed by atoms with Crippen molar-refractivity contribution >= 4 is 38.6 Å². The maximum absolute atomic E-state index is 4.75. The molecule has 0 saturated heterocycles. The van der Waals surface area contributed by atoms with Crippen LogP contribution in [-0.2, 0) is 0 Å². The molecule has 0 aliphatic rings. The van der Waals surface area contributed by atoms with Gasteiger partial charge < -0.3 is 4.98 Å². The number of aromatic nitrogens is 4. The van der Waals surface area contributed by atoms with E-state index in [1.807, 2.05) is 41.1 Å². The Morgan fingerprint density at radius 1 is 0.950 bits per heavy atom. The normalized spacial score (nSPS) is 12.0. The smallest absolute Gasteiger partial charge is 0.165 e. The molecule has 20 heavy (non-hydrogen) atoms. The van der Waals surface area contributed by atoms with Gasteiger partial charge >= 0.3 is 0 Å². The van der Waals surface area contributed by atoms with Crippen molar-refractivity contribution in [3.63, 3.8) is 0 Å². The van der Waals surface area contributed by atoms with Gasteiger partial charge in [-0.1, -0.05) is 24.3 Å². The van der Waals surface area contributed by atoms with Crippen LogP contribution < -0.4 is 0 Å². The molecule has 0 spiro atoms. The number of para-hydroxylation sites is 1. The largest absolute Gasteiger partial charge is 0.353 e. The van der Waals surface area contributed by atoms with Crippen molar-refractivity contribution in [2.75, 3.05) is 0 Å². The van der Waals surface area contributed by atoms with E-state index in [1.54, 1.807) is 0 Å². The van der Waals surface area contributed by atoms with E-state index in [4.69, 9.17) is 4.98 Å². The molecule has 1 aromatic carbocycles. The number of nitrogens with one attached hydrogen (secondary N) is 1. The number of hydrogen-bond donors (Lipinski definition) is 1. The summed E-state index contributed by atoms with van der Waals surface area (Å²) in [6, 6.07) is 14.3. The molecule has 5 rings (SSSR count). The summed E-state index contributed by atoms with van der Waals surface area (Å²) in [6.45, 7) is 0. The van der Waals surface area contributed by atoms with Gasteiger partial charge in [0.1, 0.15) is 11.2 Å². The lowest BCUT2D eigenvalue weighted by atomic mass is 10.2. The quantitative estimate of drug-likeness (QED) is 0.462. The minimum atomic E-state index is 0.901. The number of fused-ring (bicyclic) bond motifs is 7.